The van der Waals surface area contributed by atoms with E-state index in [-0.39, 0.29) is 19.0 Å². The second-order valence-corrected chi connectivity index (χ2v) is 7.24. The van der Waals surface area contributed by atoms with Gasteiger partial charge in [-0.15, -0.1) is 0 Å². The molecule has 0 saturated carbocycles. The van der Waals surface area contributed by atoms with Crippen LogP contribution in [0.4, 0.5) is 5.69 Å². The maximum atomic E-state index is 12.3. The van der Waals surface area contributed by atoms with Gasteiger partial charge in [-0.3, -0.25) is 4.79 Å². The monoisotopic (exact) mass is 483 g/mol. The Bertz CT molecular complexity index is 807. The van der Waals surface area contributed by atoms with Crippen LogP contribution in [0.3, 0.4) is 0 Å². The topological polar surface area (TPSA) is 55.8 Å². The molecule has 0 aliphatic heterocycles. The summed E-state index contributed by atoms with van der Waals surface area (Å²) < 4.78 is 12.0. The van der Waals surface area contributed by atoms with Crippen LogP contribution < -0.4 is 9.64 Å². The first-order valence-electron chi connectivity index (χ1n) is 7.94. The minimum atomic E-state index is -0.426. The highest BCUT2D eigenvalue weighted by Gasteiger charge is 2.23. The minimum Gasteiger partial charge on any atom is -0.483 e. The summed E-state index contributed by atoms with van der Waals surface area (Å²) in [7, 11) is 3.63. The number of hydrogen-bond acceptors (Lipinski definition) is 5. The molecule has 0 N–H and O–H groups in total. The molecule has 138 valence electrons. The van der Waals surface area contributed by atoms with Crippen LogP contribution in [0.25, 0.3) is 0 Å². The van der Waals surface area contributed by atoms with Gasteiger partial charge in [0.25, 0.3) is 0 Å². The molecule has 0 aliphatic rings. The summed E-state index contributed by atoms with van der Waals surface area (Å²) in [4.78, 5) is 26.3. The lowest BCUT2D eigenvalue weighted by atomic mass is 10.1. The van der Waals surface area contributed by atoms with E-state index in [1.54, 1.807) is 42.2 Å². The van der Waals surface area contributed by atoms with Crippen molar-refractivity contribution in [3.05, 3.63) is 56.5 Å². The molecule has 7 heteroatoms. The van der Waals surface area contributed by atoms with Gasteiger partial charge in [0.05, 0.1) is 26.8 Å². The van der Waals surface area contributed by atoms with Crippen molar-refractivity contribution in [3.8, 4) is 5.75 Å². The Hall–Kier alpha value is -1.86. The third-order valence-electron chi connectivity index (χ3n) is 3.54. The molecule has 0 radical (unpaired) electrons. The molecule has 2 aromatic carbocycles. The molecular formula is C19H19Br2NO4. The molecule has 0 amide bonds. The first-order valence-corrected chi connectivity index (χ1v) is 9.52. The number of halogens is 2. The molecule has 0 heterocycles. The zero-order valence-corrected chi connectivity index (χ0v) is 17.9. The van der Waals surface area contributed by atoms with Gasteiger partial charge in [-0.1, -0.05) is 30.3 Å². The number of esters is 1. The summed E-state index contributed by atoms with van der Waals surface area (Å²) in [6, 6.07) is 10.6. The molecule has 0 atom stereocenters. The van der Waals surface area contributed by atoms with Gasteiger partial charge < -0.3 is 14.4 Å². The van der Waals surface area contributed by atoms with Gasteiger partial charge in [0.2, 0.25) is 0 Å². The number of ketones is 1. The maximum absolute atomic E-state index is 12.3. The molecule has 5 nitrogen and oxygen atoms in total. The average molecular weight is 485 g/mol. The SMILES string of the molecule is CCOC(=O)c1cc(Br)c(OCC(=O)c2ccccc2)c(Br)c1N(C)C. The Morgan fingerprint density at radius 2 is 1.77 bits per heavy atom. The van der Waals surface area contributed by atoms with Crippen LogP contribution in [0.1, 0.15) is 27.6 Å². The Morgan fingerprint density at radius 3 is 2.35 bits per heavy atom. The standard InChI is InChI=1S/C19H19Br2NO4/c1-4-25-19(24)13-10-14(20)18(16(21)17(13)22(2)3)26-11-15(23)12-8-6-5-7-9-12/h5-10H,4,11H2,1-3H3. The summed E-state index contributed by atoms with van der Waals surface area (Å²) in [6.45, 7) is 1.92. The Morgan fingerprint density at radius 1 is 1.12 bits per heavy atom. The van der Waals surface area contributed by atoms with E-state index in [1.807, 2.05) is 20.2 Å². The summed E-state index contributed by atoms with van der Waals surface area (Å²) >= 11 is 6.91. The Kier molecular flexibility index (Phi) is 7.23. The van der Waals surface area contributed by atoms with Crippen molar-refractivity contribution in [1.29, 1.82) is 0 Å². The maximum Gasteiger partial charge on any atom is 0.340 e. The van der Waals surface area contributed by atoms with Crippen LogP contribution in [0, 0.1) is 0 Å². The van der Waals surface area contributed by atoms with E-state index in [2.05, 4.69) is 31.9 Å². The van der Waals surface area contributed by atoms with Crippen LogP contribution in [-0.4, -0.2) is 39.1 Å². The van der Waals surface area contributed by atoms with Gasteiger partial charge >= 0.3 is 5.97 Å². The Labute approximate surface area is 169 Å². The predicted molar refractivity (Wildman–Crippen MR) is 108 cm³/mol. The highest BCUT2D eigenvalue weighted by Crippen LogP contribution is 2.43. The molecule has 0 fully saturated rings. The zero-order valence-electron chi connectivity index (χ0n) is 14.7. The van der Waals surface area contributed by atoms with Crippen LogP contribution in [0.5, 0.6) is 5.75 Å². The van der Waals surface area contributed by atoms with Crippen molar-refractivity contribution in [2.45, 2.75) is 6.92 Å². The second-order valence-electron chi connectivity index (χ2n) is 5.59. The molecule has 2 aromatic rings. The Balaban J connectivity index is 2.33. The van der Waals surface area contributed by atoms with E-state index in [0.717, 1.165) is 0 Å². The molecular weight excluding hydrogens is 466 g/mol. The van der Waals surface area contributed by atoms with E-state index in [1.165, 1.54) is 0 Å². The fraction of sp³-hybridized carbons (Fsp3) is 0.263. The first kappa shape index (κ1) is 20.5. The van der Waals surface area contributed by atoms with Gasteiger partial charge in [0.15, 0.2) is 18.1 Å². The molecule has 0 aromatic heterocycles. The smallest absolute Gasteiger partial charge is 0.340 e. The highest BCUT2D eigenvalue weighted by atomic mass is 79.9. The third-order valence-corrected chi connectivity index (χ3v) is 4.86. The van der Waals surface area contributed by atoms with Crippen LogP contribution in [-0.2, 0) is 4.74 Å². The van der Waals surface area contributed by atoms with Crippen molar-refractivity contribution in [3.63, 3.8) is 0 Å². The quantitative estimate of drug-likeness (QED) is 0.420. The lowest BCUT2D eigenvalue weighted by molar-refractivity contribution is 0.0526. The van der Waals surface area contributed by atoms with Gasteiger partial charge in [-0.05, 0) is 44.8 Å². The van der Waals surface area contributed by atoms with Crippen molar-refractivity contribution >= 4 is 49.3 Å². The van der Waals surface area contributed by atoms with Gasteiger partial charge in [-0.2, -0.15) is 0 Å². The lowest BCUT2D eigenvalue weighted by Crippen LogP contribution is -2.18. The highest BCUT2D eigenvalue weighted by molar-refractivity contribution is 9.11. The van der Waals surface area contributed by atoms with E-state index >= 15 is 0 Å². The summed E-state index contributed by atoms with van der Waals surface area (Å²) in [5.74, 6) is -0.110. The van der Waals surface area contributed by atoms with Gasteiger partial charge in [0.1, 0.15) is 0 Å². The number of ether oxygens (including phenoxy) is 2. The summed E-state index contributed by atoms with van der Waals surface area (Å²) in [5, 5.41) is 0. The molecule has 0 saturated heterocycles. The fourth-order valence-electron chi connectivity index (χ4n) is 2.37. The van der Waals surface area contributed by atoms with Crippen LogP contribution in [0.2, 0.25) is 0 Å². The van der Waals surface area contributed by atoms with Crippen LogP contribution >= 0.6 is 31.9 Å². The first-order chi connectivity index (χ1) is 12.4. The van der Waals surface area contributed by atoms with Crippen molar-refractivity contribution in [2.75, 3.05) is 32.2 Å². The number of Topliss-reactive ketones (excluding diaryl/α,β-unsaturated/α-hetero) is 1. The van der Waals surface area contributed by atoms with E-state index in [9.17, 15) is 9.59 Å². The number of rotatable bonds is 7. The number of benzene rings is 2. The summed E-state index contributed by atoms with van der Waals surface area (Å²) in [5.41, 5.74) is 1.60. The molecule has 26 heavy (non-hydrogen) atoms. The number of carbonyl (C=O) groups excluding carboxylic acids is 2. The third kappa shape index (κ3) is 4.65. The molecule has 0 aliphatic carbocycles. The van der Waals surface area contributed by atoms with Crippen molar-refractivity contribution in [1.82, 2.24) is 0 Å². The predicted octanol–water partition coefficient (Wildman–Crippen LogP) is 4.72. The summed E-state index contributed by atoms with van der Waals surface area (Å²) in [6.07, 6.45) is 0. The van der Waals surface area contributed by atoms with E-state index in [4.69, 9.17) is 9.47 Å². The van der Waals surface area contributed by atoms with Crippen LogP contribution in [0.15, 0.2) is 45.3 Å². The zero-order chi connectivity index (χ0) is 19.3. The number of carbonyl (C=O) groups is 2. The minimum absolute atomic E-state index is 0.118. The molecule has 0 spiro atoms. The van der Waals surface area contributed by atoms with Gasteiger partial charge in [-0.25, -0.2) is 4.79 Å². The number of anilines is 1. The van der Waals surface area contributed by atoms with Gasteiger partial charge in [0, 0.05) is 19.7 Å². The average Bonchev–Trinajstić information content (AvgIpc) is 2.61. The largest absolute Gasteiger partial charge is 0.483 e. The van der Waals surface area contributed by atoms with Crippen molar-refractivity contribution in [2.24, 2.45) is 0 Å². The fourth-order valence-corrected chi connectivity index (χ4v) is 4.07. The normalized spacial score (nSPS) is 10.3. The molecule has 0 unspecified atom stereocenters. The molecule has 0 bridgehead atoms. The second kappa shape index (κ2) is 9.19. The number of hydrogen-bond donors (Lipinski definition) is 0. The van der Waals surface area contributed by atoms with E-state index in [0.29, 0.717) is 31.5 Å². The van der Waals surface area contributed by atoms with E-state index < -0.39 is 5.97 Å². The lowest BCUT2D eigenvalue weighted by Gasteiger charge is -2.21. The van der Waals surface area contributed by atoms with Crippen molar-refractivity contribution < 1.29 is 19.1 Å². The molecule has 2 rings (SSSR count). The number of nitrogens with zero attached hydrogens (tertiary/aromatic N) is 1.